The zero-order valence-corrected chi connectivity index (χ0v) is 10.9. The Bertz CT molecular complexity index is 552. The fourth-order valence-corrected chi connectivity index (χ4v) is 2.43. The lowest BCUT2D eigenvalue weighted by atomic mass is 10.2. The number of anilines is 1. The monoisotopic (exact) mass is 258 g/mol. The van der Waals surface area contributed by atoms with Crippen molar-refractivity contribution in [2.24, 2.45) is 0 Å². The van der Waals surface area contributed by atoms with Crippen molar-refractivity contribution in [1.29, 1.82) is 0 Å². The predicted octanol–water partition coefficient (Wildman–Crippen LogP) is 0.744. The molecule has 0 spiro atoms. The molecule has 1 aliphatic heterocycles. The highest BCUT2D eigenvalue weighted by atomic mass is 16.3. The average Bonchev–Trinajstić information content (AvgIpc) is 2.48. The summed E-state index contributed by atoms with van der Waals surface area (Å²) in [6, 6.07) is 8.04. The summed E-state index contributed by atoms with van der Waals surface area (Å²) in [5, 5.41) is 10.0. The molecular formula is C14H18N4O. The van der Waals surface area contributed by atoms with Crippen LogP contribution in [0.2, 0.25) is 0 Å². The highest BCUT2D eigenvalue weighted by molar-refractivity contribution is 5.78. The maximum atomic E-state index is 8.94. The molecule has 1 fully saturated rings. The van der Waals surface area contributed by atoms with Gasteiger partial charge in [0.2, 0.25) is 5.95 Å². The third kappa shape index (κ3) is 2.67. The van der Waals surface area contributed by atoms with E-state index >= 15 is 0 Å². The summed E-state index contributed by atoms with van der Waals surface area (Å²) < 4.78 is 0. The van der Waals surface area contributed by atoms with Crippen molar-refractivity contribution >= 4 is 16.9 Å². The molecule has 5 heteroatoms. The second kappa shape index (κ2) is 5.50. The molecule has 2 aromatic rings. The number of benzene rings is 1. The number of β-amino-alcohol motifs (C(OH)–C–C–N with tert-alkyl or cyclic N) is 1. The summed E-state index contributed by atoms with van der Waals surface area (Å²) in [6.45, 7) is 4.73. The highest BCUT2D eigenvalue weighted by Crippen LogP contribution is 2.16. The van der Waals surface area contributed by atoms with E-state index in [2.05, 4.69) is 19.8 Å². The molecule has 0 amide bonds. The van der Waals surface area contributed by atoms with E-state index < -0.39 is 0 Å². The number of aliphatic hydroxyl groups is 1. The van der Waals surface area contributed by atoms with E-state index in [-0.39, 0.29) is 6.61 Å². The van der Waals surface area contributed by atoms with Gasteiger partial charge >= 0.3 is 0 Å². The smallest absolute Gasteiger partial charge is 0.225 e. The number of aromatic nitrogens is 2. The Morgan fingerprint density at radius 3 is 2.68 bits per heavy atom. The molecule has 1 N–H and O–H groups in total. The molecule has 19 heavy (non-hydrogen) atoms. The summed E-state index contributed by atoms with van der Waals surface area (Å²) in [6.07, 6.45) is 1.89. The van der Waals surface area contributed by atoms with E-state index in [0.717, 1.165) is 49.6 Å². The molecule has 0 radical (unpaired) electrons. The van der Waals surface area contributed by atoms with Gasteiger partial charge in [0.1, 0.15) is 0 Å². The maximum Gasteiger partial charge on any atom is 0.225 e. The Morgan fingerprint density at radius 1 is 1.11 bits per heavy atom. The van der Waals surface area contributed by atoms with Gasteiger partial charge in [-0.2, -0.15) is 0 Å². The number of piperazine rings is 1. The van der Waals surface area contributed by atoms with Gasteiger partial charge in [-0.25, -0.2) is 9.97 Å². The predicted molar refractivity (Wildman–Crippen MR) is 75.3 cm³/mol. The van der Waals surface area contributed by atoms with Gasteiger partial charge in [-0.3, -0.25) is 4.90 Å². The number of aliphatic hydroxyl groups excluding tert-OH is 1. The van der Waals surface area contributed by atoms with E-state index in [0.29, 0.717) is 0 Å². The molecule has 0 bridgehead atoms. The standard InChI is InChI=1S/C14H18N4O/c19-10-9-17-5-7-18(8-6-17)14-15-11-12-3-1-2-4-13(12)16-14/h1-4,11,19H,5-10H2. The van der Waals surface area contributed by atoms with Crippen molar-refractivity contribution in [3.8, 4) is 0 Å². The van der Waals surface area contributed by atoms with Crippen LogP contribution in [0.5, 0.6) is 0 Å². The summed E-state index contributed by atoms with van der Waals surface area (Å²) in [5.41, 5.74) is 0.991. The number of para-hydroxylation sites is 1. The Morgan fingerprint density at radius 2 is 1.89 bits per heavy atom. The normalized spacial score (nSPS) is 17.0. The van der Waals surface area contributed by atoms with Crippen LogP contribution in [-0.2, 0) is 0 Å². The van der Waals surface area contributed by atoms with Crippen LogP contribution in [0.1, 0.15) is 0 Å². The van der Waals surface area contributed by atoms with Gasteiger partial charge in [0.15, 0.2) is 0 Å². The third-order valence-corrected chi connectivity index (χ3v) is 3.55. The summed E-state index contributed by atoms with van der Waals surface area (Å²) in [4.78, 5) is 13.5. The van der Waals surface area contributed by atoms with Crippen molar-refractivity contribution in [3.05, 3.63) is 30.5 Å². The Labute approximate surface area is 112 Å². The first kappa shape index (κ1) is 12.3. The molecule has 0 saturated carbocycles. The van der Waals surface area contributed by atoms with Crippen molar-refractivity contribution in [3.63, 3.8) is 0 Å². The van der Waals surface area contributed by atoms with Crippen LogP contribution < -0.4 is 4.90 Å². The Kier molecular flexibility index (Phi) is 3.57. The van der Waals surface area contributed by atoms with Gasteiger partial charge in [0.05, 0.1) is 12.1 Å². The van der Waals surface area contributed by atoms with Crippen LogP contribution >= 0.6 is 0 Å². The lowest BCUT2D eigenvalue weighted by Gasteiger charge is -2.34. The van der Waals surface area contributed by atoms with E-state index in [1.165, 1.54) is 0 Å². The molecule has 3 rings (SSSR count). The fourth-order valence-electron chi connectivity index (χ4n) is 2.43. The van der Waals surface area contributed by atoms with E-state index in [9.17, 15) is 0 Å². The SMILES string of the molecule is OCCN1CCN(c2ncc3ccccc3n2)CC1. The molecular weight excluding hydrogens is 240 g/mol. The van der Waals surface area contributed by atoms with Gasteiger partial charge in [-0.05, 0) is 6.07 Å². The first-order chi connectivity index (χ1) is 9.36. The highest BCUT2D eigenvalue weighted by Gasteiger charge is 2.18. The number of rotatable bonds is 3. The van der Waals surface area contributed by atoms with Gasteiger partial charge in [-0.15, -0.1) is 0 Å². The van der Waals surface area contributed by atoms with Crippen LogP contribution in [0.3, 0.4) is 0 Å². The van der Waals surface area contributed by atoms with E-state index in [4.69, 9.17) is 5.11 Å². The Hall–Kier alpha value is -1.72. The maximum absolute atomic E-state index is 8.94. The molecule has 1 aliphatic rings. The summed E-state index contributed by atoms with van der Waals surface area (Å²) in [5.74, 6) is 0.808. The minimum absolute atomic E-state index is 0.229. The quantitative estimate of drug-likeness (QED) is 0.880. The van der Waals surface area contributed by atoms with Crippen LogP contribution in [0.25, 0.3) is 10.9 Å². The molecule has 100 valence electrons. The van der Waals surface area contributed by atoms with E-state index in [1.54, 1.807) is 0 Å². The van der Waals surface area contributed by atoms with Crippen molar-refractivity contribution in [2.75, 3.05) is 44.2 Å². The molecule has 1 saturated heterocycles. The van der Waals surface area contributed by atoms with Crippen LogP contribution in [-0.4, -0.2) is 59.3 Å². The van der Waals surface area contributed by atoms with Crippen molar-refractivity contribution in [1.82, 2.24) is 14.9 Å². The van der Waals surface area contributed by atoms with Crippen LogP contribution in [0.15, 0.2) is 30.5 Å². The lowest BCUT2D eigenvalue weighted by molar-refractivity contribution is 0.188. The minimum Gasteiger partial charge on any atom is -0.395 e. The first-order valence-corrected chi connectivity index (χ1v) is 6.67. The third-order valence-electron chi connectivity index (χ3n) is 3.55. The minimum atomic E-state index is 0.229. The second-order valence-corrected chi connectivity index (χ2v) is 4.78. The molecule has 0 aliphatic carbocycles. The van der Waals surface area contributed by atoms with Gasteiger partial charge in [-0.1, -0.05) is 18.2 Å². The largest absolute Gasteiger partial charge is 0.395 e. The van der Waals surface area contributed by atoms with Crippen LogP contribution in [0, 0.1) is 0 Å². The molecule has 2 heterocycles. The van der Waals surface area contributed by atoms with Crippen molar-refractivity contribution < 1.29 is 5.11 Å². The second-order valence-electron chi connectivity index (χ2n) is 4.78. The van der Waals surface area contributed by atoms with Crippen LogP contribution in [0.4, 0.5) is 5.95 Å². The molecule has 1 aromatic carbocycles. The van der Waals surface area contributed by atoms with Gasteiger partial charge in [0, 0.05) is 44.3 Å². The summed E-state index contributed by atoms with van der Waals surface area (Å²) >= 11 is 0. The molecule has 0 unspecified atom stereocenters. The zero-order chi connectivity index (χ0) is 13.1. The molecule has 5 nitrogen and oxygen atoms in total. The number of hydrogen-bond donors (Lipinski definition) is 1. The molecule has 1 aromatic heterocycles. The van der Waals surface area contributed by atoms with Crippen molar-refractivity contribution in [2.45, 2.75) is 0 Å². The van der Waals surface area contributed by atoms with Gasteiger partial charge in [0.25, 0.3) is 0 Å². The number of nitrogens with zero attached hydrogens (tertiary/aromatic N) is 4. The first-order valence-electron chi connectivity index (χ1n) is 6.67. The van der Waals surface area contributed by atoms with Gasteiger partial charge < -0.3 is 10.0 Å². The Balaban J connectivity index is 1.74. The lowest BCUT2D eigenvalue weighted by Crippen LogP contribution is -2.47. The fraction of sp³-hybridized carbons (Fsp3) is 0.429. The molecule has 0 atom stereocenters. The average molecular weight is 258 g/mol. The number of hydrogen-bond acceptors (Lipinski definition) is 5. The topological polar surface area (TPSA) is 52.5 Å². The van der Waals surface area contributed by atoms with E-state index in [1.807, 2.05) is 30.5 Å². The number of fused-ring (bicyclic) bond motifs is 1. The summed E-state index contributed by atoms with van der Waals surface area (Å²) in [7, 11) is 0. The zero-order valence-electron chi connectivity index (χ0n) is 10.9.